The van der Waals surface area contributed by atoms with Crippen molar-refractivity contribution in [3.63, 3.8) is 0 Å². The third kappa shape index (κ3) is 5.96. The Labute approximate surface area is 149 Å². The number of nitrogens with one attached hydrogen (secondary N) is 2. The molecule has 2 rings (SSSR count). The monoisotopic (exact) mass is 347 g/mol. The van der Waals surface area contributed by atoms with Gasteiger partial charge >= 0.3 is 12.1 Å². The Bertz CT molecular complexity index is 657. The minimum atomic E-state index is -0.494. The molecule has 0 bridgehead atoms. The van der Waals surface area contributed by atoms with Crippen LogP contribution in [0.15, 0.2) is 18.2 Å². The number of fused-ring (bicyclic) bond motifs is 1. The highest BCUT2D eigenvalue weighted by Crippen LogP contribution is 2.24. The average Bonchev–Trinajstić information content (AvgIpc) is 2.42. The van der Waals surface area contributed by atoms with Crippen LogP contribution < -0.4 is 10.6 Å². The third-order valence-corrected chi connectivity index (χ3v) is 3.62. The van der Waals surface area contributed by atoms with Crippen LogP contribution >= 0.6 is 0 Å². The van der Waals surface area contributed by atoms with Gasteiger partial charge in [-0.1, -0.05) is 6.07 Å². The topological polar surface area (TPSA) is 70.7 Å². The number of carbonyl (C=O) groups excluding carboxylic acids is 2. The molecule has 138 valence electrons. The molecule has 0 aliphatic carbocycles. The number of urea groups is 1. The van der Waals surface area contributed by atoms with Crippen LogP contribution in [0.25, 0.3) is 0 Å². The van der Waals surface area contributed by atoms with Crippen molar-refractivity contribution in [2.45, 2.75) is 65.6 Å². The zero-order chi connectivity index (χ0) is 18.8. The number of hydrogen-bond donors (Lipinski definition) is 2. The standard InChI is InChI=1S/C19H29N3O3/c1-18(2,3)21-16(23)20-15-8-7-14-12-22(10-9-13(14)11-15)17(24)25-19(4,5)6/h7-8,11H,9-10,12H2,1-6H3,(H2,20,21,23). The van der Waals surface area contributed by atoms with Gasteiger partial charge in [0.05, 0.1) is 0 Å². The number of benzene rings is 1. The molecule has 0 spiro atoms. The molecule has 6 nitrogen and oxygen atoms in total. The summed E-state index contributed by atoms with van der Waals surface area (Å²) in [6, 6.07) is 5.57. The Morgan fingerprint density at radius 2 is 1.76 bits per heavy atom. The van der Waals surface area contributed by atoms with Crippen molar-refractivity contribution >= 4 is 17.8 Å². The van der Waals surface area contributed by atoms with Crippen LogP contribution in [0.1, 0.15) is 52.7 Å². The number of nitrogens with zero attached hydrogens (tertiary/aromatic N) is 1. The van der Waals surface area contributed by atoms with Crippen LogP contribution in [0.4, 0.5) is 15.3 Å². The Morgan fingerprint density at radius 3 is 2.36 bits per heavy atom. The molecule has 0 fully saturated rings. The zero-order valence-corrected chi connectivity index (χ0v) is 16.0. The van der Waals surface area contributed by atoms with Crippen molar-refractivity contribution in [1.29, 1.82) is 0 Å². The van der Waals surface area contributed by atoms with Crippen molar-refractivity contribution in [1.82, 2.24) is 10.2 Å². The summed E-state index contributed by atoms with van der Waals surface area (Å²) >= 11 is 0. The minimum absolute atomic E-state index is 0.223. The maximum absolute atomic E-state index is 12.2. The second-order valence-corrected chi connectivity index (χ2v) is 8.46. The van der Waals surface area contributed by atoms with Crippen LogP contribution in [0, 0.1) is 0 Å². The van der Waals surface area contributed by atoms with Gasteiger partial charge in [0, 0.05) is 24.3 Å². The predicted octanol–water partition coefficient (Wildman–Crippen LogP) is 3.90. The molecule has 25 heavy (non-hydrogen) atoms. The Morgan fingerprint density at radius 1 is 1.08 bits per heavy atom. The Kier molecular flexibility index (Phi) is 5.30. The van der Waals surface area contributed by atoms with Crippen LogP contribution in [0.5, 0.6) is 0 Å². The van der Waals surface area contributed by atoms with E-state index in [1.807, 2.05) is 59.7 Å². The van der Waals surface area contributed by atoms with Gasteiger partial charge < -0.3 is 20.3 Å². The number of ether oxygens (including phenoxy) is 1. The maximum atomic E-state index is 12.2. The van der Waals surface area contributed by atoms with Crippen molar-refractivity contribution in [2.24, 2.45) is 0 Å². The third-order valence-electron chi connectivity index (χ3n) is 3.62. The van der Waals surface area contributed by atoms with E-state index in [1.54, 1.807) is 4.90 Å². The van der Waals surface area contributed by atoms with Gasteiger partial charge in [0.2, 0.25) is 0 Å². The number of carbonyl (C=O) groups is 2. The fourth-order valence-corrected chi connectivity index (χ4v) is 2.62. The largest absolute Gasteiger partial charge is 0.444 e. The lowest BCUT2D eigenvalue weighted by molar-refractivity contribution is 0.0224. The maximum Gasteiger partial charge on any atom is 0.410 e. The van der Waals surface area contributed by atoms with E-state index in [1.165, 1.54) is 0 Å². The van der Waals surface area contributed by atoms with Crippen LogP contribution in [0.3, 0.4) is 0 Å². The van der Waals surface area contributed by atoms with Gasteiger partial charge in [-0.25, -0.2) is 9.59 Å². The summed E-state index contributed by atoms with van der Waals surface area (Å²) in [5, 5.41) is 5.73. The molecule has 0 saturated heterocycles. The van der Waals surface area contributed by atoms with E-state index in [9.17, 15) is 9.59 Å². The van der Waals surface area contributed by atoms with Crippen molar-refractivity contribution < 1.29 is 14.3 Å². The fourth-order valence-electron chi connectivity index (χ4n) is 2.62. The molecule has 1 heterocycles. The summed E-state index contributed by atoms with van der Waals surface area (Å²) in [7, 11) is 0. The molecule has 1 aliphatic rings. The molecule has 6 heteroatoms. The number of rotatable bonds is 1. The molecule has 0 radical (unpaired) electrons. The van der Waals surface area contributed by atoms with E-state index in [4.69, 9.17) is 4.74 Å². The second-order valence-electron chi connectivity index (χ2n) is 8.46. The molecule has 1 aliphatic heterocycles. The molecule has 1 aromatic carbocycles. The molecule has 0 atom stereocenters. The fraction of sp³-hybridized carbons (Fsp3) is 0.579. The first kappa shape index (κ1) is 19.1. The smallest absolute Gasteiger partial charge is 0.410 e. The Balaban J connectivity index is 2.01. The highest BCUT2D eigenvalue weighted by Gasteiger charge is 2.26. The van der Waals surface area contributed by atoms with E-state index in [0.29, 0.717) is 13.1 Å². The van der Waals surface area contributed by atoms with Crippen LogP contribution in [-0.2, 0) is 17.7 Å². The van der Waals surface area contributed by atoms with Gasteiger partial charge in [0.1, 0.15) is 5.60 Å². The quantitative estimate of drug-likeness (QED) is 0.809. The first-order valence-electron chi connectivity index (χ1n) is 8.62. The van der Waals surface area contributed by atoms with E-state index < -0.39 is 5.60 Å². The Hall–Kier alpha value is -2.24. The van der Waals surface area contributed by atoms with Crippen LogP contribution in [-0.4, -0.2) is 34.7 Å². The lowest BCUT2D eigenvalue weighted by Gasteiger charge is -2.31. The van der Waals surface area contributed by atoms with Crippen molar-refractivity contribution in [3.05, 3.63) is 29.3 Å². The van der Waals surface area contributed by atoms with E-state index in [2.05, 4.69) is 10.6 Å². The van der Waals surface area contributed by atoms with Crippen molar-refractivity contribution in [2.75, 3.05) is 11.9 Å². The highest BCUT2D eigenvalue weighted by atomic mass is 16.6. The van der Waals surface area contributed by atoms with Crippen molar-refractivity contribution in [3.8, 4) is 0 Å². The minimum Gasteiger partial charge on any atom is -0.444 e. The summed E-state index contributed by atoms with van der Waals surface area (Å²) in [5.41, 5.74) is 2.20. The SMILES string of the molecule is CC(C)(C)NC(=O)Nc1ccc2c(c1)CCN(C(=O)OC(C)(C)C)C2. The number of amides is 3. The average molecular weight is 347 g/mol. The van der Waals surface area contributed by atoms with E-state index in [-0.39, 0.29) is 17.7 Å². The lowest BCUT2D eigenvalue weighted by Crippen LogP contribution is -2.43. The van der Waals surface area contributed by atoms with Gasteiger partial charge in [-0.05, 0) is 71.2 Å². The molecule has 0 aromatic heterocycles. The van der Waals surface area contributed by atoms with Gasteiger partial charge in [0.15, 0.2) is 0 Å². The second kappa shape index (κ2) is 6.94. The zero-order valence-electron chi connectivity index (χ0n) is 16.0. The molecule has 0 saturated carbocycles. The van der Waals surface area contributed by atoms with Gasteiger partial charge in [-0.15, -0.1) is 0 Å². The van der Waals surface area contributed by atoms with E-state index >= 15 is 0 Å². The molecule has 3 amide bonds. The highest BCUT2D eigenvalue weighted by molar-refractivity contribution is 5.89. The number of anilines is 1. The van der Waals surface area contributed by atoms with Gasteiger partial charge in [-0.3, -0.25) is 0 Å². The molecule has 2 N–H and O–H groups in total. The normalized spacial score (nSPS) is 14.6. The van der Waals surface area contributed by atoms with E-state index in [0.717, 1.165) is 23.2 Å². The van der Waals surface area contributed by atoms with Crippen LogP contribution in [0.2, 0.25) is 0 Å². The lowest BCUT2D eigenvalue weighted by atomic mass is 9.99. The summed E-state index contributed by atoms with van der Waals surface area (Å²) in [5.74, 6) is 0. The predicted molar refractivity (Wildman–Crippen MR) is 98.7 cm³/mol. The number of hydrogen-bond acceptors (Lipinski definition) is 3. The molecule has 0 unspecified atom stereocenters. The summed E-state index contributed by atoms with van der Waals surface area (Å²) in [4.78, 5) is 25.9. The summed E-state index contributed by atoms with van der Waals surface area (Å²) < 4.78 is 5.44. The molecular formula is C19H29N3O3. The first-order chi connectivity index (χ1) is 11.4. The molecule has 1 aromatic rings. The summed E-state index contributed by atoms with van der Waals surface area (Å²) in [6.07, 6.45) is 0.454. The summed E-state index contributed by atoms with van der Waals surface area (Å²) in [6.45, 7) is 12.5. The first-order valence-corrected chi connectivity index (χ1v) is 8.62. The molecular weight excluding hydrogens is 318 g/mol. The van der Waals surface area contributed by atoms with Gasteiger partial charge in [-0.2, -0.15) is 0 Å². The van der Waals surface area contributed by atoms with Gasteiger partial charge in [0.25, 0.3) is 0 Å².